The van der Waals surface area contributed by atoms with Crippen LogP contribution in [0.15, 0.2) is 35.4 Å². The number of likely N-dealkylation sites (N-methyl/N-ethyl adjacent to an activating group) is 1. The van der Waals surface area contributed by atoms with Gasteiger partial charge < -0.3 is 25.2 Å². The third-order valence-corrected chi connectivity index (χ3v) is 8.36. The Balaban J connectivity index is 1.71. The molecule has 2 saturated heterocycles. The van der Waals surface area contributed by atoms with Crippen molar-refractivity contribution in [3.05, 3.63) is 63.7 Å². The van der Waals surface area contributed by atoms with E-state index in [1.54, 1.807) is 4.90 Å². The second-order valence-electron chi connectivity index (χ2n) is 11.7. The molecule has 2 N–H and O–H groups in total. The molecule has 0 unspecified atom stereocenters. The lowest BCUT2D eigenvalue weighted by Gasteiger charge is -2.40. The van der Waals surface area contributed by atoms with Crippen molar-refractivity contribution >= 4 is 17.5 Å². The van der Waals surface area contributed by atoms with Crippen molar-refractivity contribution in [2.24, 2.45) is 11.7 Å². The highest BCUT2D eigenvalue weighted by molar-refractivity contribution is 5.94. The molecule has 10 nitrogen and oxygen atoms in total. The van der Waals surface area contributed by atoms with Crippen LogP contribution in [-0.4, -0.2) is 83.9 Å². The largest absolute Gasteiger partial charge is 0.417 e. The lowest BCUT2D eigenvalue weighted by molar-refractivity contribution is -0.138. The summed E-state index contributed by atoms with van der Waals surface area (Å²) in [5, 5.41) is 0. The molecule has 0 spiro atoms. The van der Waals surface area contributed by atoms with Crippen molar-refractivity contribution in [2.75, 3.05) is 56.2 Å². The molecule has 0 bridgehead atoms. The average Bonchev–Trinajstić information content (AvgIpc) is 2.98. The van der Waals surface area contributed by atoms with Crippen LogP contribution in [0, 0.1) is 17.6 Å². The van der Waals surface area contributed by atoms with Gasteiger partial charge in [0.25, 0.3) is 11.5 Å². The quantitative estimate of drug-likeness (QED) is 0.409. The number of nitrogens with two attached hydrogens (primary N) is 1. The molecule has 2 atom stereocenters. The van der Waals surface area contributed by atoms with Crippen molar-refractivity contribution in [1.82, 2.24) is 19.4 Å². The van der Waals surface area contributed by atoms with Gasteiger partial charge in [0.15, 0.2) is 5.82 Å². The second-order valence-corrected chi connectivity index (χ2v) is 11.7. The Bertz CT molecular complexity index is 1660. The molecular formula is C30H34F5N7O3. The first-order valence-electron chi connectivity index (χ1n) is 14.5. The van der Waals surface area contributed by atoms with Crippen molar-refractivity contribution in [3.63, 3.8) is 0 Å². The number of pyridine rings is 1. The third kappa shape index (κ3) is 6.36. The lowest BCUT2D eigenvalue weighted by atomic mass is 10.0. The Hall–Kier alpha value is -4.11. The summed E-state index contributed by atoms with van der Waals surface area (Å²) in [6, 6.07) is 2.46. The molecule has 15 heteroatoms. The number of hydrogen-bond acceptors (Lipinski definition) is 8. The van der Waals surface area contributed by atoms with Crippen LogP contribution < -0.4 is 21.1 Å². The highest BCUT2D eigenvalue weighted by atomic mass is 19.4. The summed E-state index contributed by atoms with van der Waals surface area (Å²) >= 11 is 0. The first-order chi connectivity index (χ1) is 21.2. The predicted octanol–water partition coefficient (Wildman–Crippen LogP) is 3.69. The van der Waals surface area contributed by atoms with Gasteiger partial charge in [-0.15, -0.1) is 0 Å². The van der Waals surface area contributed by atoms with Gasteiger partial charge in [-0.25, -0.2) is 18.7 Å². The molecule has 2 fully saturated rings. The number of anilines is 2. The highest BCUT2D eigenvalue weighted by Crippen LogP contribution is 2.38. The monoisotopic (exact) mass is 635 g/mol. The lowest BCUT2D eigenvalue weighted by Crippen LogP contribution is -2.50. The first kappa shape index (κ1) is 32.3. The van der Waals surface area contributed by atoms with E-state index in [0.717, 1.165) is 6.07 Å². The number of piperazine rings is 1. The van der Waals surface area contributed by atoms with Crippen LogP contribution in [0.2, 0.25) is 0 Å². The van der Waals surface area contributed by atoms with Crippen LogP contribution in [0.1, 0.15) is 36.7 Å². The second kappa shape index (κ2) is 12.4. The van der Waals surface area contributed by atoms with E-state index in [1.165, 1.54) is 12.3 Å². The average molecular weight is 636 g/mol. The molecular weight excluding hydrogens is 601 g/mol. The number of rotatable bonds is 6. The van der Waals surface area contributed by atoms with Gasteiger partial charge in [0, 0.05) is 63.3 Å². The molecule has 0 saturated carbocycles. The molecule has 2 aliphatic rings. The number of primary amides is 1. The number of amides is 1. The molecule has 4 heterocycles. The number of alkyl halides is 3. The smallest absolute Gasteiger partial charge is 0.374 e. The highest BCUT2D eigenvalue weighted by Gasteiger charge is 2.37. The summed E-state index contributed by atoms with van der Waals surface area (Å²) in [5.41, 5.74) is 0.0230. The zero-order valence-corrected chi connectivity index (χ0v) is 25.2. The summed E-state index contributed by atoms with van der Waals surface area (Å²) in [5.74, 6) is -3.31. The summed E-state index contributed by atoms with van der Waals surface area (Å²) in [6.07, 6.45) is -3.29. The number of carbonyl (C=O) groups excluding carboxylic acids is 1. The number of nitrogens with zero attached hydrogens (tertiary/aromatic N) is 6. The van der Waals surface area contributed by atoms with E-state index in [1.807, 2.05) is 37.6 Å². The van der Waals surface area contributed by atoms with E-state index in [2.05, 4.69) is 9.97 Å². The molecule has 0 radical (unpaired) electrons. The van der Waals surface area contributed by atoms with E-state index in [4.69, 9.17) is 10.5 Å². The van der Waals surface area contributed by atoms with Gasteiger partial charge in [0.2, 0.25) is 5.95 Å². The molecule has 242 valence electrons. The fourth-order valence-corrected chi connectivity index (χ4v) is 5.61. The summed E-state index contributed by atoms with van der Waals surface area (Å²) in [4.78, 5) is 39.6. The Morgan fingerprint density at radius 3 is 2.49 bits per heavy atom. The van der Waals surface area contributed by atoms with Crippen molar-refractivity contribution in [3.8, 4) is 16.9 Å². The molecule has 2 aliphatic heterocycles. The number of benzene rings is 1. The fourth-order valence-electron chi connectivity index (χ4n) is 5.61. The molecule has 0 aliphatic carbocycles. The van der Waals surface area contributed by atoms with Crippen LogP contribution >= 0.6 is 0 Å². The van der Waals surface area contributed by atoms with Gasteiger partial charge in [0.1, 0.15) is 11.5 Å². The van der Waals surface area contributed by atoms with Crippen molar-refractivity contribution in [2.45, 2.75) is 39.1 Å². The number of aromatic nitrogens is 3. The fraction of sp³-hybridized carbons (Fsp3) is 0.467. The molecule has 2 aromatic heterocycles. The molecule has 1 amide bonds. The molecule has 3 aromatic rings. The van der Waals surface area contributed by atoms with Crippen LogP contribution in [-0.2, 0) is 10.9 Å². The van der Waals surface area contributed by atoms with Gasteiger partial charge in [-0.2, -0.15) is 13.2 Å². The minimum Gasteiger partial charge on any atom is -0.374 e. The summed E-state index contributed by atoms with van der Waals surface area (Å²) in [6.45, 7) is 8.32. The zero-order valence-electron chi connectivity index (χ0n) is 25.2. The topological polar surface area (TPSA) is 110 Å². The minimum atomic E-state index is -5.09. The number of hydrogen-bond donors (Lipinski definition) is 1. The van der Waals surface area contributed by atoms with Gasteiger partial charge >= 0.3 is 6.18 Å². The van der Waals surface area contributed by atoms with Gasteiger partial charge in [-0.05, 0) is 26.0 Å². The van der Waals surface area contributed by atoms with Crippen molar-refractivity contribution < 1.29 is 31.5 Å². The summed E-state index contributed by atoms with van der Waals surface area (Å²) in [7, 11) is 1.89. The Labute approximate surface area is 256 Å². The van der Waals surface area contributed by atoms with Gasteiger partial charge in [-0.3, -0.25) is 14.2 Å². The maximum Gasteiger partial charge on any atom is 0.417 e. The first-order valence-corrected chi connectivity index (χ1v) is 14.5. The van der Waals surface area contributed by atoms with Crippen LogP contribution in [0.25, 0.3) is 16.9 Å². The van der Waals surface area contributed by atoms with E-state index >= 15 is 8.78 Å². The SMILES string of the molecule is CC(C)[C@@H]1CN(c2nccc(-c3c(F)cc(N4CCN(C)[C@@H](C)C4)c(-n4cc(C(N)=O)c(C(F)(F)F)cc4=O)c3F)n2)CCO1. The van der Waals surface area contributed by atoms with E-state index in [-0.39, 0.29) is 41.5 Å². The maximum atomic E-state index is 16.8. The van der Waals surface area contributed by atoms with E-state index in [0.29, 0.717) is 50.1 Å². The van der Waals surface area contributed by atoms with Crippen LogP contribution in [0.3, 0.4) is 0 Å². The minimum absolute atomic E-state index is 0.0597. The molecule has 45 heavy (non-hydrogen) atoms. The zero-order chi connectivity index (χ0) is 32.8. The number of carbonyl (C=O) groups is 1. The number of ether oxygens (including phenoxy) is 1. The van der Waals surface area contributed by atoms with Crippen molar-refractivity contribution in [1.29, 1.82) is 0 Å². The Morgan fingerprint density at radius 1 is 1.11 bits per heavy atom. The predicted molar refractivity (Wildman–Crippen MR) is 158 cm³/mol. The number of halogens is 5. The Kier molecular flexibility index (Phi) is 8.86. The Morgan fingerprint density at radius 2 is 1.84 bits per heavy atom. The van der Waals surface area contributed by atoms with E-state index in [9.17, 15) is 22.8 Å². The van der Waals surface area contributed by atoms with E-state index < -0.39 is 51.7 Å². The van der Waals surface area contributed by atoms with Crippen LogP contribution in [0.5, 0.6) is 0 Å². The van der Waals surface area contributed by atoms with Gasteiger partial charge in [-0.1, -0.05) is 13.8 Å². The summed E-state index contributed by atoms with van der Waals surface area (Å²) < 4.78 is 80.4. The van der Waals surface area contributed by atoms with Crippen LogP contribution in [0.4, 0.5) is 33.6 Å². The maximum absolute atomic E-state index is 16.8. The van der Waals surface area contributed by atoms with Gasteiger partial charge in [0.05, 0.1) is 40.8 Å². The number of morpholine rings is 1. The molecule has 5 rings (SSSR count). The third-order valence-electron chi connectivity index (χ3n) is 8.36. The standard InChI is InChI=1S/C30H34F5N7O3/c1-16(2)23-15-41(9-10-45-23)29-37-6-5-21(38-29)25-20(31)12-22(40-8-7-39(4)17(3)13-40)27(26(25)32)42-14-18(28(36)44)19(11-24(42)43)30(33,34)35/h5-6,11-12,14,16-17,23H,7-10,13,15H2,1-4H3,(H2,36,44)/t17-,23-/m0/s1. The normalized spacial score (nSPS) is 19.8. The molecule has 1 aromatic carbocycles.